The van der Waals surface area contributed by atoms with Crippen molar-refractivity contribution in [3.63, 3.8) is 0 Å². The molecule has 0 bridgehead atoms. The van der Waals surface area contributed by atoms with Crippen LogP contribution in [0.5, 0.6) is 5.75 Å². The number of halogens is 4. The molecule has 1 atom stereocenters. The van der Waals surface area contributed by atoms with Gasteiger partial charge in [0.2, 0.25) is 5.95 Å². The Labute approximate surface area is 207 Å². The summed E-state index contributed by atoms with van der Waals surface area (Å²) in [4.78, 5) is 13.6. The molecule has 194 valence electrons. The molecule has 1 fully saturated rings. The third kappa shape index (κ3) is 6.46. The molecule has 1 aromatic heterocycles. The van der Waals surface area contributed by atoms with Gasteiger partial charge in [-0.25, -0.2) is 32.0 Å². The summed E-state index contributed by atoms with van der Waals surface area (Å²) in [6, 6.07) is 4.70. The van der Waals surface area contributed by atoms with Crippen molar-refractivity contribution in [2.45, 2.75) is 24.8 Å². The molecule has 2 aromatic rings. The molecular formula is C22H22F4N4O4S2. The number of benzene rings is 1. The van der Waals surface area contributed by atoms with E-state index >= 15 is 0 Å². The highest BCUT2D eigenvalue weighted by Crippen LogP contribution is 2.31. The molecule has 1 unspecified atom stereocenters. The lowest BCUT2D eigenvalue weighted by Gasteiger charge is -2.31. The van der Waals surface area contributed by atoms with Crippen LogP contribution in [0.2, 0.25) is 0 Å². The van der Waals surface area contributed by atoms with Gasteiger partial charge in [-0.1, -0.05) is 6.07 Å². The number of nitrogens with zero attached hydrogens (tertiary/aromatic N) is 4. The molecule has 0 radical (unpaired) electrons. The topological polar surface area (TPSA) is 102 Å². The molecule has 1 aromatic carbocycles. The van der Waals surface area contributed by atoms with Crippen LogP contribution < -0.4 is 9.64 Å². The number of piperidine rings is 1. The maximum Gasteiger partial charge on any atom is 0.433 e. The summed E-state index contributed by atoms with van der Waals surface area (Å²) in [5.74, 6) is -1.25. The summed E-state index contributed by atoms with van der Waals surface area (Å²) >= 11 is 0. The van der Waals surface area contributed by atoms with Crippen molar-refractivity contribution >= 4 is 31.6 Å². The van der Waals surface area contributed by atoms with Crippen LogP contribution in [0, 0.1) is 11.7 Å². The monoisotopic (exact) mass is 546 g/mol. The number of hydrogen-bond donors (Lipinski definition) is 0. The van der Waals surface area contributed by atoms with E-state index in [0.29, 0.717) is 42.2 Å². The van der Waals surface area contributed by atoms with Crippen LogP contribution in [-0.4, -0.2) is 53.6 Å². The smallest absolute Gasteiger partial charge is 0.433 e. The van der Waals surface area contributed by atoms with Crippen molar-refractivity contribution in [2.75, 3.05) is 30.9 Å². The van der Waals surface area contributed by atoms with Crippen LogP contribution in [0.1, 0.15) is 24.1 Å². The van der Waals surface area contributed by atoms with Crippen LogP contribution in [0.15, 0.2) is 46.6 Å². The Morgan fingerprint density at radius 1 is 1.19 bits per heavy atom. The van der Waals surface area contributed by atoms with E-state index in [4.69, 9.17) is 4.74 Å². The van der Waals surface area contributed by atoms with Crippen molar-refractivity contribution in [2.24, 2.45) is 10.9 Å². The number of anilines is 1. The average molecular weight is 547 g/mol. The van der Waals surface area contributed by atoms with Crippen molar-refractivity contribution < 1.29 is 34.9 Å². The number of sulfone groups is 1. The van der Waals surface area contributed by atoms with E-state index in [0.717, 1.165) is 24.6 Å². The molecule has 1 saturated heterocycles. The highest BCUT2D eigenvalue weighted by atomic mass is 32.2. The second-order valence-corrected chi connectivity index (χ2v) is 11.9. The van der Waals surface area contributed by atoms with Crippen LogP contribution in [-0.2, 0) is 32.6 Å². The fourth-order valence-electron chi connectivity index (χ4n) is 3.91. The first-order valence-electron chi connectivity index (χ1n) is 10.8. The zero-order valence-corrected chi connectivity index (χ0v) is 20.7. The fraction of sp³-hybridized carbons (Fsp3) is 0.409. The maximum absolute atomic E-state index is 14.3. The first kappa shape index (κ1) is 26.2. The van der Waals surface area contributed by atoms with Gasteiger partial charge < -0.3 is 9.64 Å². The second-order valence-electron chi connectivity index (χ2n) is 8.48. The minimum atomic E-state index is -4.56. The summed E-state index contributed by atoms with van der Waals surface area (Å²) in [6.07, 6.45) is -1.42. The van der Waals surface area contributed by atoms with Gasteiger partial charge in [-0.2, -0.15) is 13.2 Å². The first-order chi connectivity index (χ1) is 16.9. The Kier molecular flexibility index (Phi) is 7.46. The zero-order chi connectivity index (χ0) is 26.1. The number of aliphatic imine (C=N–C) groups is 1. The van der Waals surface area contributed by atoms with Gasteiger partial charge in [-0.15, -0.1) is 0 Å². The van der Waals surface area contributed by atoms with Gasteiger partial charge in [0.05, 0.1) is 22.2 Å². The number of rotatable bonds is 7. The first-order valence-corrected chi connectivity index (χ1v) is 14.1. The van der Waals surface area contributed by atoms with E-state index in [9.17, 15) is 30.2 Å². The Balaban J connectivity index is 1.34. The Morgan fingerprint density at radius 3 is 2.56 bits per heavy atom. The molecule has 3 heterocycles. The lowest BCUT2D eigenvalue weighted by molar-refractivity contribution is -0.141. The van der Waals surface area contributed by atoms with Crippen molar-refractivity contribution in [3.05, 3.63) is 58.6 Å². The summed E-state index contributed by atoms with van der Waals surface area (Å²) in [6.45, 7) is 0.618. The van der Waals surface area contributed by atoms with E-state index in [1.807, 2.05) is 0 Å². The Bertz CT molecular complexity index is 1340. The maximum atomic E-state index is 14.3. The van der Waals surface area contributed by atoms with Crippen molar-refractivity contribution in [1.29, 1.82) is 0 Å². The molecule has 2 aliphatic rings. The van der Waals surface area contributed by atoms with Gasteiger partial charge in [0.15, 0.2) is 21.4 Å². The SMILES string of the molecule is CS(=O)(=O)Cc1ccc(OCC2=CS(=O)C(C3CCN(c4nccc(C(F)(F)F)n4)CC3)=N2)c(F)c1. The minimum absolute atomic E-state index is 0.00504. The number of ether oxygens (including phenoxy) is 1. The molecule has 0 aliphatic carbocycles. The van der Waals surface area contributed by atoms with E-state index in [1.165, 1.54) is 17.5 Å². The zero-order valence-electron chi connectivity index (χ0n) is 19.0. The van der Waals surface area contributed by atoms with Crippen LogP contribution in [0.25, 0.3) is 0 Å². The van der Waals surface area contributed by atoms with Gasteiger partial charge in [-0.3, -0.25) is 0 Å². The fourth-order valence-corrected chi connectivity index (χ4v) is 5.95. The lowest BCUT2D eigenvalue weighted by atomic mass is 9.98. The highest BCUT2D eigenvalue weighted by molar-refractivity contribution is 8.03. The largest absolute Gasteiger partial charge is 0.484 e. The summed E-state index contributed by atoms with van der Waals surface area (Å²) in [7, 11) is -4.79. The summed E-state index contributed by atoms with van der Waals surface area (Å²) in [5, 5.41) is 1.87. The quantitative estimate of drug-likeness (QED) is 0.490. The number of aromatic nitrogens is 2. The van der Waals surface area contributed by atoms with Crippen molar-refractivity contribution in [3.8, 4) is 5.75 Å². The third-order valence-electron chi connectivity index (χ3n) is 5.56. The van der Waals surface area contributed by atoms with Crippen LogP contribution in [0.4, 0.5) is 23.5 Å². The van der Waals surface area contributed by atoms with E-state index in [2.05, 4.69) is 15.0 Å². The molecule has 4 rings (SSSR count). The summed E-state index contributed by atoms with van der Waals surface area (Å²) < 4.78 is 93.9. The molecule has 2 aliphatic heterocycles. The van der Waals surface area contributed by atoms with E-state index < -0.39 is 38.3 Å². The van der Waals surface area contributed by atoms with Gasteiger partial charge in [0.1, 0.15) is 17.3 Å². The number of hydrogen-bond acceptors (Lipinski definition) is 8. The standard InChI is InChI=1S/C22H22F4N4O4S2/c1-36(32,33)13-14-2-3-18(17(23)10-14)34-11-16-12-35(31)20(28-16)15-5-8-30(9-6-15)21-27-7-4-19(29-21)22(24,25)26/h2-4,7,10,12,15H,5-6,8-9,11,13H2,1H3. The minimum Gasteiger partial charge on any atom is -0.484 e. The molecule has 0 saturated carbocycles. The molecule has 36 heavy (non-hydrogen) atoms. The average Bonchev–Trinajstić information content (AvgIpc) is 3.17. The van der Waals surface area contributed by atoms with Gasteiger partial charge >= 0.3 is 6.18 Å². The Hall–Kier alpha value is -2.87. The predicted octanol–water partition coefficient (Wildman–Crippen LogP) is 3.48. The second kappa shape index (κ2) is 10.2. The van der Waals surface area contributed by atoms with Gasteiger partial charge in [0, 0.05) is 36.9 Å². The number of alkyl halides is 3. The Morgan fingerprint density at radius 2 is 1.92 bits per heavy atom. The van der Waals surface area contributed by atoms with Gasteiger partial charge in [-0.05, 0) is 36.6 Å². The van der Waals surface area contributed by atoms with E-state index in [1.54, 1.807) is 4.90 Å². The molecule has 0 spiro atoms. The molecule has 0 N–H and O–H groups in total. The molecular weight excluding hydrogens is 524 g/mol. The molecule has 14 heteroatoms. The lowest BCUT2D eigenvalue weighted by Crippen LogP contribution is -2.38. The normalized spacial score (nSPS) is 19.2. The predicted molar refractivity (Wildman–Crippen MR) is 126 cm³/mol. The molecule has 8 nitrogen and oxygen atoms in total. The van der Waals surface area contributed by atoms with Gasteiger partial charge in [0.25, 0.3) is 0 Å². The summed E-state index contributed by atoms with van der Waals surface area (Å²) in [5.41, 5.74) is -0.344. The van der Waals surface area contributed by atoms with E-state index in [-0.39, 0.29) is 30.0 Å². The third-order valence-corrected chi connectivity index (χ3v) is 7.74. The van der Waals surface area contributed by atoms with Crippen LogP contribution in [0.3, 0.4) is 0 Å². The van der Waals surface area contributed by atoms with Crippen molar-refractivity contribution in [1.82, 2.24) is 9.97 Å². The molecule has 0 amide bonds. The van der Waals surface area contributed by atoms with Crippen LogP contribution >= 0.6 is 0 Å². The highest BCUT2D eigenvalue weighted by Gasteiger charge is 2.34.